The summed E-state index contributed by atoms with van der Waals surface area (Å²) in [6, 6.07) is 17.5. The molecule has 2 N–H and O–H groups in total. The van der Waals surface area contributed by atoms with Crippen LogP contribution in [-0.4, -0.2) is 23.4 Å². The number of benzene rings is 2. The Labute approximate surface area is 149 Å². The first-order valence-electron chi connectivity index (χ1n) is 9.66. The van der Waals surface area contributed by atoms with E-state index in [1.165, 1.54) is 22.3 Å². The molecular weight excluding hydrogens is 308 g/mol. The fourth-order valence-corrected chi connectivity index (χ4v) is 7.02. The molecule has 0 aromatic heterocycles. The second-order valence-corrected chi connectivity index (χ2v) is 8.43. The van der Waals surface area contributed by atoms with Gasteiger partial charge < -0.3 is 10.2 Å². The van der Waals surface area contributed by atoms with Crippen LogP contribution >= 0.6 is 0 Å². The van der Waals surface area contributed by atoms with E-state index in [1.807, 2.05) is 0 Å². The number of aliphatic hydroxyl groups excluding tert-OH is 2. The van der Waals surface area contributed by atoms with Crippen molar-refractivity contribution >= 4 is 0 Å². The lowest BCUT2D eigenvalue weighted by Gasteiger charge is -2.65. The van der Waals surface area contributed by atoms with Crippen molar-refractivity contribution in [1.29, 1.82) is 0 Å². The Bertz CT molecular complexity index is 745. The van der Waals surface area contributed by atoms with Gasteiger partial charge >= 0.3 is 0 Å². The van der Waals surface area contributed by atoms with Crippen molar-refractivity contribution < 1.29 is 10.2 Å². The third-order valence-corrected chi connectivity index (χ3v) is 7.77. The van der Waals surface area contributed by atoms with Gasteiger partial charge in [-0.2, -0.15) is 0 Å². The van der Waals surface area contributed by atoms with Gasteiger partial charge in [-0.25, -0.2) is 0 Å². The standard InChI is InChI=1S/C23H26O2/c24-15-21-11-5-12-22(16-25,14-6-13-21)23(21)19-9-3-1-7-17(19)18-8-2-4-10-20(18)23/h1-4,7-10,24-25H,5-6,11-16H2. The molecule has 0 aliphatic heterocycles. The molecular formula is C23H26O2. The quantitative estimate of drug-likeness (QED) is 0.861. The van der Waals surface area contributed by atoms with E-state index in [4.69, 9.17) is 0 Å². The topological polar surface area (TPSA) is 40.5 Å². The van der Waals surface area contributed by atoms with Gasteiger partial charge in [-0.3, -0.25) is 0 Å². The van der Waals surface area contributed by atoms with E-state index >= 15 is 0 Å². The molecule has 2 heteroatoms. The number of hydrogen-bond acceptors (Lipinski definition) is 2. The Morgan fingerprint density at radius 2 is 1.04 bits per heavy atom. The molecule has 130 valence electrons. The van der Waals surface area contributed by atoms with Gasteiger partial charge in [0.2, 0.25) is 0 Å². The van der Waals surface area contributed by atoms with Gasteiger partial charge in [0, 0.05) is 29.5 Å². The summed E-state index contributed by atoms with van der Waals surface area (Å²) >= 11 is 0. The Balaban J connectivity index is 1.95. The molecule has 0 heterocycles. The maximum Gasteiger partial charge on any atom is 0.0499 e. The summed E-state index contributed by atoms with van der Waals surface area (Å²) < 4.78 is 0. The van der Waals surface area contributed by atoms with Gasteiger partial charge in [0.1, 0.15) is 0 Å². The summed E-state index contributed by atoms with van der Waals surface area (Å²) in [6.45, 7) is 0.412. The predicted octanol–water partition coefficient (Wildman–Crippen LogP) is 4.28. The van der Waals surface area contributed by atoms with Gasteiger partial charge in [-0.1, -0.05) is 61.4 Å². The molecule has 0 unspecified atom stereocenters. The molecule has 3 aliphatic rings. The lowest BCUT2D eigenvalue weighted by atomic mass is 9.38. The van der Waals surface area contributed by atoms with Crippen molar-refractivity contribution in [3.63, 3.8) is 0 Å². The Morgan fingerprint density at radius 1 is 0.640 bits per heavy atom. The van der Waals surface area contributed by atoms with Crippen LogP contribution in [0, 0.1) is 10.8 Å². The highest BCUT2D eigenvalue weighted by molar-refractivity contribution is 5.82. The number of hydrogen-bond donors (Lipinski definition) is 2. The number of aliphatic hydroxyl groups is 2. The lowest BCUT2D eigenvalue weighted by molar-refractivity contribution is -0.129. The van der Waals surface area contributed by atoms with Gasteiger partial charge in [0.25, 0.3) is 0 Å². The SMILES string of the molecule is OCC12CCCC(CO)(CCC1)C21c2ccccc2-c2ccccc21. The number of fused-ring (bicyclic) bond motifs is 3. The summed E-state index contributed by atoms with van der Waals surface area (Å²) in [5.41, 5.74) is 4.73. The van der Waals surface area contributed by atoms with Crippen LogP contribution in [0.15, 0.2) is 48.5 Å². The molecule has 0 radical (unpaired) electrons. The first-order valence-corrected chi connectivity index (χ1v) is 9.66. The van der Waals surface area contributed by atoms with E-state index in [1.54, 1.807) is 0 Å². The maximum absolute atomic E-state index is 10.7. The summed E-state index contributed by atoms with van der Waals surface area (Å²) in [7, 11) is 0. The average Bonchev–Trinajstić information content (AvgIpc) is 2.95. The zero-order valence-electron chi connectivity index (χ0n) is 14.7. The summed E-state index contributed by atoms with van der Waals surface area (Å²) in [6.07, 6.45) is 6.41. The van der Waals surface area contributed by atoms with Gasteiger partial charge in [0.05, 0.1) is 0 Å². The summed E-state index contributed by atoms with van der Waals surface area (Å²) in [5, 5.41) is 21.4. The molecule has 2 aromatic carbocycles. The Hall–Kier alpha value is -1.64. The molecule has 2 saturated carbocycles. The van der Waals surface area contributed by atoms with Gasteiger partial charge in [-0.05, 0) is 47.9 Å². The zero-order chi connectivity index (χ0) is 17.1. The first-order chi connectivity index (χ1) is 12.2. The molecule has 3 aliphatic carbocycles. The summed E-state index contributed by atoms with van der Waals surface area (Å²) in [4.78, 5) is 0. The highest BCUT2D eigenvalue weighted by Crippen LogP contribution is 2.73. The lowest BCUT2D eigenvalue weighted by Crippen LogP contribution is -2.64. The van der Waals surface area contributed by atoms with Crippen LogP contribution in [0.25, 0.3) is 11.1 Å². The fourth-order valence-electron chi connectivity index (χ4n) is 7.02. The molecule has 0 saturated heterocycles. The smallest absolute Gasteiger partial charge is 0.0499 e. The minimum atomic E-state index is -0.257. The predicted molar refractivity (Wildman–Crippen MR) is 99.4 cm³/mol. The minimum Gasteiger partial charge on any atom is -0.396 e. The van der Waals surface area contributed by atoms with Crippen LogP contribution < -0.4 is 0 Å². The largest absolute Gasteiger partial charge is 0.396 e. The third kappa shape index (κ3) is 1.59. The van der Waals surface area contributed by atoms with Gasteiger partial charge in [-0.15, -0.1) is 0 Å². The van der Waals surface area contributed by atoms with E-state index in [-0.39, 0.29) is 29.5 Å². The molecule has 0 amide bonds. The van der Waals surface area contributed by atoms with E-state index in [2.05, 4.69) is 48.5 Å². The van der Waals surface area contributed by atoms with Crippen molar-refractivity contribution in [3.05, 3.63) is 59.7 Å². The normalized spacial score (nSPS) is 31.6. The van der Waals surface area contributed by atoms with Crippen LogP contribution in [0.3, 0.4) is 0 Å². The molecule has 5 rings (SSSR count). The maximum atomic E-state index is 10.7. The van der Waals surface area contributed by atoms with Crippen molar-refractivity contribution in [1.82, 2.24) is 0 Å². The molecule has 2 fully saturated rings. The Morgan fingerprint density at radius 3 is 1.44 bits per heavy atom. The Kier molecular flexibility index (Phi) is 3.24. The van der Waals surface area contributed by atoms with Crippen LogP contribution in [-0.2, 0) is 5.41 Å². The average molecular weight is 334 g/mol. The van der Waals surface area contributed by atoms with Crippen LogP contribution in [0.1, 0.15) is 49.7 Å². The monoisotopic (exact) mass is 334 g/mol. The van der Waals surface area contributed by atoms with Crippen LogP contribution in [0.4, 0.5) is 0 Å². The molecule has 2 nitrogen and oxygen atoms in total. The van der Waals surface area contributed by atoms with Crippen molar-refractivity contribution in [2.45, 2.75) is 43.9 Å². The summed E-state index contributed by atoms with van der Waals surface area (Å²) in [5.74, 6) is 0. The van der Waals surface area contributed by atoms with Crippen molar-refractivity contribution in [2.24, 2.45) is 10.8 Å². The molecule has 2 aromatic rings. The number of rotatable bonds is 2. The van der Waals surface area contributed by atoms with E-state index < -0.39 is 0 Å². The van der Waals surface area contributed by atoms with Crippen molar-refractivity contribution in [2.75, 3.05) is 13.2 Å². The first kappa shape index (κ1) is 15.6. The molecule has 2 bridgehead atoms. The second-order valence-electron chi connectivity index (χ2n) is 8.43. The van der Waals surface area contributed by atoms with Crippen LogP contribution in [0.2, 0.25) is 0 Å². The van der Waals surface area contributed by atoms with E-state index in [0.29, 0.717) is 0 Å². The van der Waals surface area contributed by atoms with Crippen LogP contribution in [0.5, 0.6) is 0 Å². The van der Waals surface area contributed by atoms with Gasteiger partial charge in [0.15, 0.2) is 0 Å². The zero-order valence-corrected chi connectivity index (χ0v) is 14.7. The molecule has 1 spiro atoms. The highest BCUT2D eigenvalue weighted by Gasteiger charge is 2.69. The molecule has 0 atom stereocenters. The fraction of sp³-hybridized carbons (Fsp3) is 0.478. The van der Waals surface area contributed by atoms with Crippen molar-refractivity contribution in [3.8, 4) is 11.1 Å². The minimum absolute atomic E-state index is 0.158. The van der Waals surface area contributed by atoms with E-state index in [0.717, 1.165) is 38.5 Å². The second kappa shape index (κ2) is 5.18. The molecule has 25 heavy (non-hydrogen) atoms. The third-order valence-electron chi connectivity index (χ3n) is 7.77. The highest BCUT2D eigenvalue weighted by atomic mass is 16.3. The van der Waals surface area contributed by atoms with E-state index in [9.17, 15) is 10.2 Å².